The third-order valence-electron chi connectivity index (χ3n) is 5.36. The molecular formula is C23H27ClF3N3O2. The molecule has 9 heteroatoms. The maximum Gasteiger partial charge on any atom is 0.417 e. The van der Waals surface area contributed by atoms with E-state index in [1.807, 2.05) is 43.0 Å². The largest absolute Gasteiger partial charge is 0.417 e. The third kappa shape index (κ3) is 6.59. The number of hydrogen-bond acceptors (Lipinski definition) is 4. The SMILES string of the molecule is CC(C)OCc1cccc(CNC(=O)C2CCN(c3ncc(C(F)(F)F)cc3Cl)CC2)c1. The second kappa shape index (κ2) is 10.5. The van der Waals surface area contributed by atoms with E-state index < -0.39 is 11.7 Å². The van der Waals surface area contributed by atoms with E-state index in [-0.39, 0.29) is 23.0 Å². The van der Waals surface area contributed by atoms with Crippen LogP contribution in [0.2, 0.25) is 5.02 Å². The van der Waals surface area contributed by atoms with Gasteiger partial charge in [-0.25, -0.2) is 4.98 Å². The Morgan fingerprint density at radius 1 is 1.25 bits per heavy atom. The summed E-state index contributed by atoms with van der Waals surface area (Å²) < 4.78 is 44.0. The van der Waals surface area contributed by atoms with Crippen LogP contribution in [0.25, 0.3) is 0 Å². The average molecular weight is 470 g/mol. The number of carbonyl (C=O) groups is 1. The Morgan fingerprint density at radius 3 is 2.56 bits per heavy atom. The quantitative estimate of drug-likeness (QED) is 0.604. The van der Waals surface area contributed by atoms with Crippen molar-refractivity contribution in [2.45, 2.75) is 52.1 Å². The molecule has 0 spiro atoms. The fourth-order valence-corrected chi connectivity index (χ4v) is 3.88. The zero-order valence-electron chi connectivity index (χ0n) is 18.1. The minimum Gasteiger partial charge on any atom is -0.374 e. The first-order valence-corrected chi connectivity index (χ1v) is 11.0. The molecule has 1 aromatic carbocycles. The second-order valence-corrected chi connectivity index (χ2v) is 8.59. The Balaban J connectivity index is 1.50. The van der Waals surface area contributed by atoms with Crippen LogP contribution in [0.5, 0.6) is 0 Å². The van der Waals surface area contributed by atoms with Gasteiger partial charge in [-0.15, -0.1) is 0 Å². The zero-order chi connectivity index (χ0) is 23.3. The van der Waals surface area contributed by atoms with Crippen molar-refractivity contribution >= 4 is 23.3 Å². The van der Waals surface area contributed by atoms with Crippen LogP contribution in [0.1, 0.15) is 43.4 Å². The lowest BCUT2D eigenvalue weighted by atomic mass is 9.95. The molecule has 1 aliphatic heterocycles. The van der Waals surface area contributed by atoms with Crippen molar-refractivity contribution < 1.29 is 22.7 Å². The van der Waals surface area contributed by atoms with Gasteiger partial charge in [0.25, 0.3) is 0 Å². The summed E-state index contributed by atoms with van der Waals surface area (Å²) in [6.45, 7) is 5.92. The lowest BCUT2D eigenvalue weighted by Crippen LogP contribution is -2.40. The van der Waals surface area contributed by atoms with Gasteiger partial charge in [-0.2, -0.15) is 13.2 Å². The number of benzene rings is 1. The lowest BCUT2D eigenvalue weighted by Gasteiger charge is -2.32. The van der Waals surface area contributed by atoms with E-state index in [0.717, 1.165) is 23.4 Å². The van der Waals surface area contributed by atoms with E-state index in [0.29, 0.717) is 44.9 Å². The standard InChI is InChI=1S/C23H27ClF3N3O2/c1-15(2)32-14-17-5-3-4-16(10-17)12-29-22(31)18-6-8-30(9-7-18)21-20(24)11-19(13-28-21)23(25,26)27/h3-5,10-11,13,15,18H,6-9,12,14H2,1-2H3,(H,29,31). The first-order chi connectivity index (χ1) is 15.1. The van der Waals surface area contributed by atoms with Gasteiger partial charge < -0.3 is 15.0 Å². The number of hydrogen-bond donors (Lipinski definition) is 1. The van der Waals surface area contributed by atoms with Gasteiger partial charge in [0.15, 0.2) is 0 Å². The second-order valence-electron chi connectivity index (χ2n) is 8.19. The van der Waals surface area contributed by atoms with Crippen molar-refractivity contribution in [3.63, 3.8) is 0 Å². The molecule has 0 atom stereocenters. The third-order valence-corrected chi connectivity index (χ3v) is 5.63. The number of ether oxygens (including phenoxy) is 1. The number of amides is 1. The van der Waals surface area contributed by atoms with Crippen LogP contribution in [-0.2, 0) is 28.9 Å². The van der Waals surface area contributed by atoms with Gasteiger partial charge in [-0.1, -0.05) is 35.9 Å². The molecule has 1 N–H and O–H groups in total. The van der Waals surface area contributed by atoms with Crippen LogP contribution in [0, 0.1) is 5.92 Å². The molecule has 174 valence electrons. The molecule has 1 aliphatic rings. The Kier molecular flexibility index (Phi) is 8.00. The predicted octanol–water partition coefficient (Wildman–Crippen LogP) is 5.21. The fourth-order valence-electron chi connectivity index (χ4n) is 3.60. The Labute approximate surface area is 190 Å². The van der Waals surface area contributed by atoms with Crippen LogP contribution >= 0.6 is 11.6 Å². The van der Waals surface area contributed by atoms with Crippen LogP contribution in [0.3, 0.4) is 0 Å². The summed E-state index contributed by atoms with van der Waals surface area (Å²) in [6.07, 6.45) is -2.39. The van der Waals surface area contributed by atoms with Crippen molar-refractivity contribution in [1.82, 2.24) is 10.3 Å². The van der Waals surface area contributed by atoms with Crippen LogP contribution in [-0.4, -0.2) is 30.1 Å². The molecule has 0 radical (unpaired) electrons. The topological polar surface area (TPSA) is 54.5 Å². The number of halogens is 4. The highest BCUT2D eigenvalue weighted by Gasteiger charge is 2.33. The molecule has 2 aromatic rings. The van der Waals surface area contributed by atoms with Crippen molar-refractivity contribution in [2.24, 2.45) is 5.92 Å². The maximum atomic E-state index is 12.8. The highest BCUT2D eigenvalue weighted by molar-refractivity contribution is 6.33. The van der Waals surface area contributed by atoms with Gasteiger partial charge in [0.1, 0.15) is 5.82 Å². The van der Waals surface area contributed by atoms with E-state index in [4.69, 9.17) is 16.3 Å². The summed E-state index contributed by atoms with van der Waals surface area (Å²) in [6, 6.07) is 8.80. The van der Waals surface area contributed by atoms with Crippen molar-refractivity contribution in [1.29, 1.82) is 0 Å². The van der Waals surface area contributed by atoms with E-state index in [1.54, 1.807) is 0 Å². The first-order valence-electron chi connectivity index (χ1n) is 10.6. The molecule has 2 heterocycles. The number of rotatable bonds is 7. The van der Waals surface area contributed by atoms with Gasteiger partial charge in [-0.05, 0) is 43.9 Å². The summed E-state index contributed by atoms with van der Waals surface area (Å²) >= 11 is 6.05. The summed E-state index contributed by atoms with van der Waals surface area (Å²) in [5.74, 6) is 0.130. The van der Waals surface area contributed by atoms with Gasteiger partial charge in [0.05, 0.1) is 23.3 Å². The number of alkyl halides is 3. The highest BCUT2D eigenvalue weighted by Crippen LogP contribution is 2.34. The molecule has 1 saturated heterocycles. The number of piperidine rings is 1. The zero-order valence-corrected chi connectivity index (χ0v) is 18.8. The van der Waals surface area contributed by atoms with E-state index in [9.17, 15) is 18.0 Å². The molecular weight excluding hydrogens is 443 g/mol. The molecule has 32 heavy (non-hydrogen) atoms. The van der Waals surface area contributed by atoms with Crippen LogP contribution in [0.15, 0.2) is 36.5 Å². The fraction of sp³-hybridized carbons (Fsp3) is 0.478. The van der Waals surface area contributed by atoms with Crippen molar-refractivity contribution in [3.8, 4) is 0 Å². The van der Waals surface area contributed by atoms with Crippen LogP contribution in [0.4, 0.5) is 19.0 Å². The monoisotopic (exact) mass is 469 g/mol. The van der Waals surface area contributed by atoms with Gasteiger partial charge in [0, 0.05) is 31.7 Å². The molecule has 1 amide bonds. The number of aromatic nitrogens is 1. The number of pyridine rings is 1. The average Bonchev–Trinajstić information content (AvgIpc) is 2.76. The molecule has 0 bridgehead atoms. The molecule has 3 rings (SSSR count). The number of anilines is 1. The van der Waals surface area contributed by atoms with Gasteiger partial charge in [0.2, 0.25) is 5.91 Å². The maximum absolute atomic E-state index is 12.8. The normalized spacial score (nSPS) is 15.3. The Bertz CT molecular complexity index is 929. The minimum atomic E-state index is -4.48. The lowest BCUT2D eigenvalue weighted by molar-refractivity contribution is -0.137. The smallest absolute Gasteiger partial charge is 0.374 e. The minimum absolute atomic E-state index is 0.0278. The summed E-state index contributed by atoms with van der Waals surface area (Å²) in [4.78, 5) is 18.4. The van der Waals surface area contributed by atoms with Crippen LogP contribution < -0.4 is 10.2 Å². The van der Waals surface area contributed by atoms with Crippen molar-refractivity contribution in [3.05, 3.63) is 58.2 Å². The number of carbonyl (C=O) groups excluding carboxylic acids is 1. The van der Waals surface area contributed by atoms with E-state index in [1.165, 1.54) is 0 Å². The number of nitrogens with one attached hydrogen (secondary N) is 1. The molecule has 5 nitrogen and oxygen atoms in total. The predicted molar refractivity (Wildman–Crippen MR) is 117 cm³/mol. The van der Waals surface area contributed by atoms with Gasteiger partial charge in [-0.3, -0.25) is 4.79 Å². The molecule has 0 saturated carbocycles. The first kappa shape index (κ1) is 24.3. The summed E-state index contributed by atoms with van der Waals surface area (Å²) in [5.41, 5.74) is 1.18. The Morgan fingerprint density at radius 2 is 1.94 bits per heavy atom. The highest BCUT2D eigenvalue weighted by atomic mass is 35.5. The van der Waals surface area contributed by atoms with Crippen molar-refractivity contribution in [2.75, 3.05) is 18.0 Å². The molecule has 0 aliphatic carbocycles. The van der Waals surface area contributed by atoms with E-state index in [2.05, 4.69) is 10.3 Å². The summed E-state index contributed by atoms with van der Waals surface area (Å²) in [5, 5.41) is 2.95. The molecule has 1 fully saturated rings. The molecule has 1 aromatic heterocycles. The van der Waals surface area contributed by atoms with E-state index >= 15 is 0 Å². The van der Waals surface area contributed by atoms with Gasteiger partial charge >= 0.3 is 6.18 Å². The summed E-state index contributed by atoms with van der Waals surface area (Å²) in [7, 11) is 0. The molecule has 0 unspecified atom stereocenters. The number of nitrogens with zero attached hydrogens (tertiary/aromatic N) is 2. The Hall–Kier alpha value is -2.32.